The Balaban J connectivity index is 1.89. The Kier molecular flexibility index (Phi) is 3.27. The van der Waals surface area contributed by atoms with Crippen LogP contribution in [0.5, 0.6) is 0 Å². The van der Waals surface area contributed by atoms with Gasteiger partial charge in [0, 0.05) is 12.0 Å². The summed E-state index contributed by atoms with van der Waals surface area (Å²) in [5.74, 6) is -2.32. The summed E-state index contributed by atoms with van der Waals surface area (Å²) in [7, 11) is 0. The Bertz CT molecular complexity index is 657. The predicted molar refractivity (Wildman–Crippen MR) is 62.8 cm³/mol. The molecule has 3 rings (SSSR count). The van der Waals surface area contributed by atoms with Gasteiger partial charge in [-0.2, -0.15) is 4.98 Å². The molecule has 1 saturated heterocycles. The average molecular weight is 280 g/mol. The van der Waals surface area contributed by atoms with Crippen LogP contribution in [0.4, 0.5) is 8.78 Å². The second-order valence-electron chi connectivity index (χ2n) is 4.43. The lowest BCUT2D eigenvalue weighted by atomic mass is 10.0. The minimum absolute atomic E-state index is 0.0308. The lowest BCUT2D eigenvalue weighted by molar-refractivity contribution is -0.127. The van der Waals surface area contributed by atoms with Gasteiger partial charge >= 0.3 is 0 Å². The molecule has 1 aromatic carbocycles. The molecule has 1 fully saturated rings. The number of ether oxygens (including phenoxy) is 1. The van der Waals surface area contributed by atoms with Crippen LogP contribution < -0.4 is 0 Å². The fourth-order valence-corrected chi connectivity index (χ4v) is 1.98. The zero-order chi connectivity index (χ0) is 14.1. The van der Waals surface area contributed by atoms with E-state index in [4.69, 9.17) is 9.26 Å². The molecule has 0 radical (unpaired) electrons. The lowest BCUT2D eigenvalue weighted by Gasteiger charge is -2.16. The lowest BCUT2D eigenvalue weighted by Crippen LogP contribution is -2.25. The van der Waals surface area contributed by atoms with E-state index in [1.165, 1.54) is 6.07 Å². The summed E-state index contributed by atoms with van der Waals surface area (Å²) >= 11 is 0. The second kappa shape index (κ2) is 5.09. The molecular formula is C13H10F2N2O3. The molecule has 0 saturated carbocycles. The monoisotopic (exact) mass is 280 g/mol. The number of benzene rings is 1. The number of hydrogen-bond acceptors (Lipinski definition) is 5. The van der Waals surface area contributed by atoms with Crippen LogP contribution in [0.3, 0.4) is 0 Å². The van der Waals surface area contributed by atoms with Crippen LogP contribution in [-0.4, -0.2) is 29.1 Å². The van der Waals surface area contributed by atoms with E-state index in [-0.39, 0.29) is 29.7 Å². The second-order valence-corrected chi connectivity index (χ2v) is 4.43. The van der Waals surface area contributed by atoms with Crippen molar-refractivity contribution in [2.75, 3.05) is 13.2 Å². The Morgan fingerprint density at radius 1 is 1.25 bits per heavy atom. The summed E-state index contributed by atoms with van der Waals surface area (Å²) in [6.45, 7) is 0.581. The van der Waals surface area contributed by atoms with E-state index < -0.39 is 17.6 Å². The van der Waals surface area contributed by atoms with Crippen LogP contribution in [0.1, 0.15) is 18.2 Å². The molecule has 7 heteroatoms. The summed E-state index contributed by atoms with van der Waals surface area (Å²) in [5.41, 5.74) is 0.281. The van der Waals surface area contributed by atoms with Crippen molar-refractivity contribution in [2.45, 2.75) is 12.3 Å². The van der Waals surface area contributed by atoms with E-state index in [2.05, 4.69) is 10.1 Å². The van der Waals surface area contributed by atoms with Gasteiger partial charge in [-0.3, -0.25) is 4.79 Å². The van der Waals surface area contributed by atoms with Crippen molar-refractivity contribution in [1.82, 2.24) is 10.1 Å². The summed E-state index contributed by atoms with van der Waals surface area (Å²) in [4.78, 5) is 15.8. The van der Waals surface area contributed by atoms with E-state index >= 15 is 0 Å². The first-order chi connectivity index (χ1) is 9.65. The third-order valence-corrected chi connectivity index (χ3v) is 3.08. The predicted octanol–water partition coefficient (Wildman–Crippen LogP) is 2.09. The molecule has 1 atom stereocenters. The summed E-state index contributed by atoms with van der Waals surface area (Å²) in [6.07, 6.45) is 0.299. The highest BCUT2D eigenvalue weighted by Crippen LogP contribution is 2.24. The Labute approximate surface area is 112 Å². The maximum absolute atomic E-state index is 13.2. The Morgan fingerprint density at radius 2 is 2.10 bits per heavy atom. The quantitative estimate of drug-likeness (QED) is 0.842. The fourth-order valence-electron chi connectivity index (χ4n) is 1.98. The molecule has 2 heterocycles. The first-order valence-corrected chi connectivity index (χ1v) is 6.04. The van der Waals surface area contributed by atoms with Crippen LogP contribution in [-0.2, 0) is 9.53 Å². The van der Waals surface area contributed by atoms with Crippen molar-refractivity contribution in [2.24, 2.45) is 0 Å². The standard InChI is InChI=1S/C13H10F2N2O3/c14-9-2-1-7(5-10(9)15)12-16-13(20-17-12)8-6-19-4-3-11(8)18/h1-2,5,8H,3-4,6H2. The normalized spacial score (nSPS) is 19.3. The zero-order valence-corrected chi connectivity index (χ0v) is 10.3. The van der Waals surface area contributed by atoms with E-state index in [0.29, 0.717) is 13.0 Å². The topological polar surface area (TPSA) is 65.2 Å². The number of carbonyl (C=O) groups is 1. The van der Waals surface area contributed by atoms with Crippen molar-refractivity contribution in [3.05, 3.63) is 35.7 Å². The SMILES string of the molecule is O=C1CCOCC1c1nc(-c2ccc(F)c(F)c2)no1. The fraction of sp³-hybridized carbons (Fsp3) is 0.308. The molecule has 0 aliphatic carbocycles. The van der Waals surface area contributed by atoms with Gasteiger partial charge in [-0.25, -0.2) is 8.78 Å². The van der Waals surface area contributed by atoms with Crippen LogP contribution >= 0.6 is 0 Å². The number of ketones is 1. The molecular weight excluding hydrogens is 270 g/mol. The van der Waals surface area contributed by atoms with Crippen molar-refractivity contribution in [1.29, 1.82) is 0 Å². The maximum Gasteiger partial charge on any atom is 0.239 e. The third kappa shape index (κ3) is 2.32. The number of nitrogens with zero attached hydrogens (tertiary/aromatic N) is 2. The number of rotatable bonds is 2. The highest BCUT2D eigenvalue weighted by atomic mass is 19.2. The number of carbonyl (C=O) groups excluding carboxylic acids is 1. The van der Waals surface area contributed by atoms with E-state index in [0.717, 1.165) is 12.1 Å². The first-order valence-electron chi connectivity index (χ1n) is 6.04. The van der Waals surface area contributed by atoms with Gasteiger partial charge in [0.05, 0.1) is 13.2 Å². The van der Waals surface area contributed by atoms with Crippen LogP contribution in [0.25, 0.3) is 11.4 Å². The first kappa shape index (κ1) is 12.9. The number of halogens is 2. The molecule has 1 aliphatic heterocycles. The van der Waals surface area contributed by atoms with Gasteiger partial charge in [0.15, 0.2) is 11.6 Å². The van der Waals surface area contributed by atoms with Crippen LogP contribution in [0.2, 0.25) is 0 Å². The maximum atomic E-state index is 13.2. The van der Waals surface area contributed by atoms with E-state index in [9.17, 15) is 13.6 Å². The van der Waals surface area contributed by atoms with Gasteiger partial charge in [-0.1, -0.05) is 5.16 Å². The van der Waals surface area contributed by atoms with Crippen molar-refractivity contribution >= 4 is 5.78 Å². The molecule has 1 unspecified atom stereocenters. The minimum Gasteiger partial charge on any atom is -0.380 e. The molecule has 2 aromatic rings. The zero-order valence-electron chi connectivity index (χ0n) is 10.3. The van der Waals surface area contributed by atoms with Gasteiger partial charge < -0.3 is 9.26 Å². The number of Topliss-reactive ketones (excluding diaryl/α,β-unsaturated/α-hetero) is 1. The Hall–Kier alpha value is -2.15. The van der Waals surface area contributed by atoms with Gasteiger partial charge in [-0.15, -0.1) is 0 Å². The molecule has 0 bridgehead atoms. The van der Waals surface area contributed by atoms with Crippen molar-refractivity contribution < 1.29 is 22.8 Å². The molecule has 1 aromatic heterocycles. The number of aromatic nitrogens is 2. The molecule has 5 nitrogen and oxygen atoms in total. The minimum atomic E-state index is -0.995. The highest BCUT2D eigenvalue weighted by Gasteiger charge is 2.30. The summed E-state index contributed by atoms with van der Waals surface area (Å²) in [5, 5.41) is 3.68. The molecule has 0 N–H and O–H groups in total. The smallest absolute Gasteiger partial charge is 0.239 e. The van der Waals surface area contributed by atoms with Crippen molar-refractivity contribution in [3.8, 4) is 11.4 Å². The molecule has 0 amide bonds. The molecule has 1 aliphatic rings. The highest BCUT2D eigenvalue weighted by molar-refractivity contribution is 5.85. The van der Waals surface area contributed by atoms with E-state index in [1.54, 1.807) is 0 Å². The van der Waals surface area contributed by atoms with Crippen LogP contribution in [0.15, 0.2) is 22.7 Å². The van der Waals surface area contributed by atoms with Crippen molar-refractivity contribution in [3.63, 3.8) is 0 Å². The van der Waals surface area contributed by atoms with Gasteiger partial charge in [0.25, 0.3) is 0 Å². The van der Waals surface area contributed by atoms with E-state index in [1.807, 2.05) is 0 Å². The largest absolute Gasteiger partial charge is 0.380 e. The van der Waals surface area contributed by atoms with Gasteiger partial charge in [-0.05, 0) is 18.2 Å². The average Bonchev–Trinajstić information content (AvgIpc) is 2.92. The number of hydrogen-bond donors (Lipinski definition) is 0. The van der Waals surface area contributed by atoms with Gasteiger partial charge in [0.2, 0.25) is 11.7 Å². The van der Waals surface area contributed by atoms with Gasteiger partial charge in [0.1, 0.15) is 11.7 Å². The third-order valence-electron chi connectivity index (χ3n) is 3.08. The molecule has 0 spiro atoms. The summed E-state index contributed by atoms with van der Waals surface area (Å²) < 4.78 is 36.2. The summed E-state index contributed by atoms with van der Waals surface area (Å²) in [6, 6.07) is 3.30. The Morgan fingerprint density at radius 3 is 2.85 bits per heavy atom. The molecule has 20 heavy (non-hydrogen) atoms. The van der Waals surface area contributed by atoms with Crippen LogP contribution in [0, 0.1) is 11.6 Å². The molecule has 104 valence electrons.